The summed E-state index contributed by atoms with van der Waals surface area (Å²) in [5.41, 5.74) is 0.159. The van der Waals surface area contributed by atoms with Crippen molar-refractivity contribution in [3.63, 3.8) is 0 Å². The van der Waals surface area contributed by atoms with Crippen LogP contribution in [0.5, 0.6) is 11.5 Å². The molecule has 0 saturated heterocycles. The molecule has 0 aliphatic heterocycles. The molecule has 4 rings (SSSR count). The Kier molecular flexibility index (Phi) is 4.70. The lowest BCUT2D eigenvalue weighted by Gasteiger charge is -2.09. The summed E-state index contributed by atoms with van der Waals surface area (Å²) in [5.74, 6) is -0.764. The maximum atomic E-state index is 12.2. The van der Waals surface area contributed by atoms with Crippen molar-refractivity contribution in [3.8, 4) is 11.5 Å². The molecule has 4 aromatic rings. The van der Waals surface area contributed by atoms with E-state index in [1.807, 2.05) is 24.3 Å². The maximum Gasteiger partial charge on any atom is 0.347 e. The molecule has 2 heterocycles. The van der Waals surface area contributed by atoms with Gasteiger partial charge < -0.3 is 19.6 Å². The molecule has 0 unspecified atom stereocenters. The number of nitrogens with zero attached hydrogens (tertiary/aromatic N) is 1. The largest absolute Gasteiger partial charge is 0.506 e. The number of hydrogen-bond acceptors (Lipinski definition) is 7. The van der Waals surface area contributed by atoms with E-state index in [0.29, 0.717) is 16.7 Å². The number of carbonyl (C=O) groups excluding carboxylic acids is 1. The summed E-state index contributed by atoms with van der Waals surface area (Å²) >= 11 is 1.55. The fourth-order valence-corrected chi connectivity index (χ4v) is 3.75. The molecule has 0 aliphatic rings. The van der Waals surface area contributed by atoms with Crippen LogP contribution < -0.4 is 10.3 Å². The number of hydrogen-bond donors (Lipinski definition) is 2. The van der Waals surface area contributed by atoms with Crippen molar-refractivity contribution in [1.29, 1.82) is 0 Å². The number of thiazole rings is 1. The summed E-state index contributed by atoms with van der Waals surface area (Å²) in [6.45, 7) is 2.01. The van der Waals surface area contributed by atoms with Gasteiger partial charge in [-0.3, -0.25) is 4.79 Å². The molecule has 2 N–H and O–H groups in total. The number of H-pyrrole nitrogens is 1. The first-order valence-corrected chi connectivity index (χ1v) is 9.42. The van der Waals surface area contributed by atoms with Gasteiger partial charge in [-0.15, -0.1) is 11.3 Å². The lowest BCUT2D eigenvalue weighted by molar-refractivity contribution is 0.0521. The molecule has 8 heteroatoms. The van der Waals surface area contributed by atoms with Gasteiger partial charge in [0.15, 0.2) is 5.56 Å². The molecule has 2 aromatic heterocycles. The topological polar surface area (TPSA) is 102 Å². The van der Waals surface area contributed by atoms with Gasteiger partial charge in [0.2, 0.25) is 0 Å². The molecule has 0 spiro atoms. The Bertz CT molecular complexity index is 1210. The van der Waals surface area contributed by atoms with E-state index in [1.165, 1.54) is 0 Å². The highest BCUT2D eigenvalue weighted by Crippen LogP contribution is 2.29. The Morgan fingerprint density at radius 3 is 2.86 bits per heavy atom. The SMILES string of the molecule is CCOC(=O)c1c(O)c2ccc(OCc3nc4ccccc4s3)cc2[nH]c1=O. The third-order valence-corrected chi connectivity index (χ3v) is 5.15. The van der Waals surface area contributed by atoms with Crippen LogP contribution in [0.15, 0.2) is 47.3 Å². The van der Waals surface area contributed by atoms with Crippen molar-refractivity contribution < 1.29 is 19.4 Å². The third-order valence-electron chi connectivity index (χ3n) is 4.14. The Hall–Kier alpha value is -3.39. The molecule has 28 heavy (non-hydrogen) atoms. The van der Waals surface area contributed by atoms with Crippen molar-refractivity contribution in [1.82, 2.24) is 9.97 Å². The summed E-state index contributed by atoms with van der Waals surface area (Å²) in [6, 6.07) is 12.7. The van der Waals surface area contributed by atoms with Crippen LogP contribution in [-0.4, -0.2) is 27.7 Å². The number of para-hydroxylation sites is 1. The Labute approximate surface area is 163 Å². The van der Waals surface area contributed by atoms with Gasteiger partial charge >= 0.3 is 5.97 Å². The summed E-state index contributed by atoms with van der Waals surface area (Å²) in [6.07, 6.45) is 0. The molecular formula is C20H16N2O5S. The van der Waals surface area contributed by atoms with Gasteiger partial charge in [-0.05, 0) is 31.2 Å². The van der Waals surface area contributed by atoms with Crippen molar-refractivity contribution in [2.24, 2.45) is 0 Å². The third kappa shape index (κ3) is 3.29. The van der Waals surface area contributed by atoms with Gasteiger partial charge in [0.05, 0.1) is 22.3 Å². The van der Waals surface area contributed by atoms with Gasteiger partial charge in [0.25, 0.3) is 5.56 Å². The van der Waals surface area contributed by atoms with E-state index in [1.54, 1.807) is 36.5 Å². The summed E-state index contributed by atoms with van der Waals surface area (Å²) in [4.78, 5) is 31.2. The van der Waals surface area contributed by atoms with Crippen molar-refractivity contribution in [3.05, 3.63) is 63.4 Å². The molecule has 0 saturated carbocycles. The number of pyridine rings is 1. The second-order valence-electron chi connectivity index (χ2n) is 5.97. The highest BCUT2D eigenvalue weighted by molar-refractivity contribution is 7.18. The zero-order chi connectivity index (χ0) is 19.7. The number of carbonyl (C=O) groups is 1. The molecule has 0 atom stereocenters. The van der Waals surface area contributed by atoms with Crippen molar-refractivity contribution in [2.45, 2.75) is 13.5 Å². The fourth-order valence-electron chi connectivity index (χ4n) is 2.87. The highest BCUT2D eigenvalue weighted by Gasteiger charge is 2.20. The van der Waals surface area contributed by atoms with Crippen LogP contribution in [0, 0.1) is 0 Å². The lowest BCUT2D eigenvalue weighted by atomic mass is 10.1. The van der Waals surface area contributed by atoms with Crippen LogP contribution in [-0.2, 0) is 11.3 Å². The van der Waals surface area contributed by atoms with Crippen LogP contribution in [0.25, 0.3) is 21.1 Å². The zero-order valence-corrected chi connectivity index (χ0v) is 15.7. The average molecular weight is 396 g/mol. The van der Waals surface area contributed by atoms with E-state index in [4.69, 9.17) is 9.47 Å². The van der Waals surface area contributed by atoms with Crippen molar-refractivity contribution >= 4 is 38.4 Å². The predicted octanol–water partition coefficient (Wildman–Crippen LogP) is 3.60. The number of nitrogens with one attached hydrogen (secondary N) is 1. The number of aromatic amines is 1. The minimum absolute atomic E-state index is 0.105. The predicted molar refractivity (Wildman–Crippen MR) is 106 cm³/mol. The monoisotopic (exact) mass is 396 g/mol. The zero-order valence-electron chi connectivity index (χ0n) is 14.9. The van der Waals surface area contributed by atoms with Crippen LogP contribution in [0.2, 0.25) is 0 Å². The van der Waals surface area contributed by atoms with Crippen LogP contribution >= 0.6 is 11.3 Å². The molecule has 0 fully saturated rings. The van der Waals surface area contributed by atoms with Gasteiger partial charge in [-0.2, -0.15) is 0 Å². The Morgan fingerprint density at radius 2 is 2.07 bits per heavy atom. The summed E-state index contributed by atoms with van der Waals surface area (Å²) in [7, 11) is 0. The number of ether oxygens (including phenoxy) is 2. The van der Waals surface area contributed by atoms with E-state index >= 15 is 0 Å². The second kappa shape index (κ2) is 7.32. The number of rotatable bonds is 5. The van der Waals surface area contributed by atoms with E-state index in [2.05, 4.69) is 9.97 Å². The highest BCUT2D eigenvalue weighted by atomic mass is 32.1. The van der Waals surface area contributed by atoms with Crippen molar-refractivity contribution in [2.75, 3.05) is 6.61 Å². The van der Waals surface area contributed by atoms with Gasteiger partial charge in [-0.25, -0.2) is 9.78 Å². The summed E-state index contributed by atoms with van der Waals surface area (Å²) in [5, 5.41) is 11.5. The number of aromatic hydroxyl groups is 1. The quantitative estimate of drug-likeness (QED) is 0.500. The number of aromatic nitrogens is 2. The standard InChI is InChI=1S/C20H16N2O5S/c1-2-26-20(25)17-18(23)12-8-7-11(9-14(12)22-19(17)24)27-10-16-21-13-5-3-4-6-15(13)28-16/h3-9H,2,10H2,1H3,(H2,22,23,24). The smallest absolute Gasteiger partial charge is 0.347 e. The summed E-state index contributed by atoms with van der Waals surface area (Å²) < 4.78 is 11.7. The number of esters is 1. The molecular weight excluding hydrogens is 380 g/mol. The molecule has 7 nitrogen and oxygen atoms in total. The first-order valence-electron chi connectivity index (χ1n) is 8.60. The Balaban J connectivity index is 1.61. The minimum atomic E-state index is -0.862. The second-order valence-corrected chi connectivity index (χ2v) is 7.08. The number of fused-ring (bicyclic) bond motifs is 2. The maximum absolute atomic E-state index is 12.2. The Morgan fingerprint density at radius 1 is 1.25 bits per heavy atom. The van der Waals surface area contributed by atoms with Crippen LogP contribution in [0.4, 0.5) is 0 Å². The van der Waals surface area contributed by atoms with Gasteiger partial charge in [0.1, 0.15) is 23.1 Å². The molecule has 0 aliphatic carbocycles. The molecule has 142 valence electrons. The normalized spacial score (nSPS) is 11.0. The van der Waals surface area contributed by atoms with Crippen LogP contribution in [0.3, 0.4) is 0 Å². The lowest BCUT2D eigenvalue weighted by Crippen LogP contribution is -2.20. The molecule has 0 bridgehead atoms. The molecule has 0 amide bonds. The van der Waals surface area contributed by atoms with E-state index < -0.39 is 22.8 Å². The van der Waals surface area contributed by atoms with Gasteiger partial charge in [0, 0.05) is 11.5 Å². The van der Waals surface area contributed by atoms with E-state index in [-0.39, 0.29) is 13.2 Å². The molecule has 2 aromatic carbocycles. The van der Waals surface area contributed by atoms with Crippen LogP contribution in [0.1, 0.15) is 22.3 Å². The first-order chi connectivity index (χ1) is 13.6. The number of benzene rings is 2. The minimum Gasteiger partial charge on any atom is -0.506 e. The average Bonchev–Trinajstić information content (AvgIpc) is 3.09. The van der Waals surface area contributed by atoms with E-state index in [0.717, 1.165) is 15.2 Å². The van der Waals surface area contributed by atoms with E-state index in [9.17, 15) is 14.7 Å². The fraction of sp³-hybridized carbons (Fsp3) is 0.150. The molecule has 0 radical (unpaired) electrons. The van der Waals surface area contributed by atoms with Gasteiger partial charge in [-0.1, -0.05) is 12.1 Å². The first kappa shape index (κ1) is 18.0.